The van der Waals surface area contributed by atoms with Crippen molar-refractivity contribution in [1.82, 2.24) is 0 Å². The molecule has 0 radical (unpaired) electrons. The van der Waals surface area contributed by atoms with Crippen LogP contribution in [0.1, 0.15) is 37.0 Å². The molecule has 2 bridgehead atoms. The highest BCUT2D eigenvalue weighted by molar-refractivity contribution is 7.92. The first-order chi connectivity index (χ1) is 17.3. The van der Waals surface area contributed by atoms with E-state index >= 15 is 0 Å². The van der Waals surface area contributed by atoms with E-state index in [1.807, 2.05) is 6.92 Å². The Morgan fingerprint density at radius 2 is 1.78 bits per heavy atom. The second-order valence-corrected chi connectivity index (χ2v) is 12.5. The highest BCUT2D eigenvalue weighted by Gasteiger charge is 2.64. The number of nitrogens with one attached hydrogen (secondary N) is 1. The van der Waals surface area contributed by atoms with Crippen LogP contribution in [0.15, 0.2) is 35.2 Å². The van der Waals surface area contributed by atoms with Gasteiger partial charge >= 0.3 is 0 Å². The molecule has 2 aromatic rings. The molecule has 0 heterocycles. The molecule has 0 aromatic heterocycles. The van der Waals surface area contributed by atoms with Crippen LogP contribution in [0.2, 0.25) is 5.02 Å². The van der Waals surface area contributed by atoms with Crippen LogP contribution in [-0.4, -0.2) is 54.7 Å². The molecule has 2 aromatic carbocycles. The molecule has 0 spiro atoms. The lowest BCUT2D eigenvalue weighted by molar-refractivity contribution is -0.243. The van der Waals surface area contributed by atoms with E-state index in [1.165, 1.54) is 12.1 Å². The van der Waals surface area contributed by atoms with Crippen molar-refractivity contribution >= 4 is 33.0 Å². The number of carbonyl (C=O) groups excluding carboxylic acids is 1. The monoisotopic (exact) mass is 561 g/mol. The Morgan fingerprint density at radius 1 is 1.19 bits per heavy atom. The van der Waals surface area contributed by atoms with Crippen LogP contribution in [0, 0.1) is 35.2 Å². The van der Waals surface area contributed by atoms with Gasteiger partial charge in [0.15, 0.2) is 27.3 Å². The topological polar surface area (TPSA) is 113 Å². The molecule has 3 aliphatic carbocycles. The highest BCUT2D eigenvalue weighted by atomic mass is 35.5. The molecule has 3 N–H and O–H groups in total. The Morgan fingerprint density at radius 3 is 2.35 bits per heavy atom. The lowest BCUT2D eigenvalue weighted by Crippen LogP contribution is -2.69. The zero-order valence-corrected chi connectivity index (χ0v) is 21.6. The van der Waals surface area contributed by atoms with Crippen LogP contribution in [0.25, 0.3) is 0 Å². The smallest absolute Gasteiger partial charge is 0.255 e. The summed E-state index contributed by atoms with van der Waals surface area (Å²) in [4.78, 5) is 12.4. The summed E-state index contributed by atoms with van der Waals surface area (Å²) in [5.74, 6) is -6.13. The molecule has 0 aliphatic heterocycles. The van der Waals surface area contributed by atoms with Gasteiger partial charge in [0.25, 0.3) is 5.91 Å². The number of hydrogen-bond acceptors (Lipinski definition) is 6. The number of amides is 1. The summed E-state index contributed by atoms with van der Waals surface area (Å²) in [6.07, 6.45) is -0.369. The van der Waals surface area contributed by atoms with Crippen LogP contribution in [0.4, 0.5) is 18.9 Å². The standard InChI is InChI=1S/C25H27ClF3NO6S/c1-12(31)10-36-11-25(33)17-8-16(9-18(25)13(17)2)37(34,35)22-5-14(3-4-19(22)26)24(32)30-15-6-20(27)23(29)21(28)7-15/h3-7,12-13,16-18,31,33H,8-11H2,1-2H3,(H,30,32)/t12-,13-,16?,17?,18?,25+/m1/s1. The quantitative estimate of drug-likeness (QED) is 0.421. The largest absolute Gasteiger partial charge is 0.391 e. The number of ether oxygens (including phenoxy) is 1. The van der Waals surface area contributed by atoms with Crippen molar-refractivity contribution in [2.45, 2.75) is 48.5 Å². The Labute approximate surface area is 217 Å². The Balaban J connectivity index is 1.53. The molecule has 12 heteroatoms. The van der Waals surface area contributed by atoms with Crippen LogP contribution < -0.4 is 5.32 Å². The van der Waals surface area contributed by atoms with Crippen molar-refractivity contribution in [3.63, 3.8) is 0 Å². The van der Waals surface area contributed by atoms with Gasteiger partial charge in [-0.15, -0.1) is 0 Å². The van der Waals surface area contributed by atoms with Crippen LogP contribution in [0.5, 0.6) is 0 Å². The lowest BCUT2D eigenvalue weighted by atomic mass is 9.48. The zero-order valence-electron chi connectivity index (χ0n) is 20.0. The summed E-state index contributed by atoms with van der Waals surface area (Å²) in [5, 5.41) is 21.8. The molecule has 202 valence electrons. The molecule has 7 nitrogen and oxygen atoms in total. The van der Waals surface area contributed by atoms with Crippen molar-refractivity contribution in [3.05, 3.63) is 58.4 Å². The van der Waals surface area contributed by atoms with Gasteiger partial charge < -0.3 is 20.3 Å². The van der Waals surface area contributed by atoms with E-state index in [0.717, 1.165) is 6.07 Å². The van der Waals surface area contributed by atoms with Gasteiger partial charge in [-0.25, -0.2) is 21.6 Å². The number of aliphatic hydroxyl groups excluding tert-OH is 1. The third kappa shape index (κ3) is 5.12. The minimum atomic E-state index is -4.02. The molecule has 3 saturated carbocycles. The fourth-order valence-corrected chi connectivity index (χ4v) is 7.93. The number of fused-ring (bicyclic) bond motifs is 2. The minimum absolute atomic E-state index is 0.00860. The average Bonchev–Trinajstić information content (AvgIpc) is 2.82. The van der Waals surface area contributed by atoms with Crippen molar-refractivity contribution in [2.75, 3.05) is 18.5 Å². The normalized spacial score (nSPS) is 27.9. The van der Waals surface area contributed by atoms with E-state index in [-0.39, 0.29) is 65.0 Å². The third-order valence-electron chi connectivity index (χ3n) is 7.46. The molecule has 0 saturated heterocycles. The van der Waals surface area contributed by atoms with Gasteiger partial charge in [-0.05, 0) is 55.7 Å². The van der Waals surface area contributed by atoms with Gasteiger partial charge in [0.05, 0.1) is 40.1 Å². The Kier molecular flexibility index (Phi) is 7.66. The molecule has 1 amide bonds. The van der Waals surface area contributed by atoms with E-state index in [2.05, 4.69) is 5.32 Å². The second kappa shape index (κ2) is 10.2. The van der Waals surface area contributed by atoms with E-state index in [9.17, 15) is 36.6 Å². The number of sulfone groups is 1. The number of rotatable bonds is 8. The van der Waals surface area contributed by atoms with Gasteiger partial charge in [0, 0.05) is 23.4 Å². The molecule has 37 heavy (non-hydrogen) atoms. The molecule has 3 aliphatic rings. The summed E-state index contributed by atoms with van der Waals surface area (Å²) in [6.45, 7) is 3.55. The van der Waals surface area contributed by atoms with Gasteiger partial charge in [0.2, 0.25) is 0 Å². The van der Waals surface area contributed by atoms with Crippen LogP contribution in [-0.2, 0) is 14.6 Å². The summed E-state index contributed by atoms with van der Waals surface area (Å²) >= 11 is 6.21. The highest BCUT2D eigenvalue weighted by Crippen LogP contribution is 2.59. The van der Waals surface area contributed by atoms with E-state index in [0.29, 0.717) is 12.1 Å². The first kappa shape index (κ1) is 27.8. The summed E-state index contributed by atoms with van der Waals surface area (Å²) in [7, 11) is -4.02. The number of anilines is 1. The van der Waals surface area contributed by atoms with E-state index < -0.39 is 50.2 Å². The number of halogens is 4. The average molecular weight is 562 g/mol. The summed E-state index contributed by atoms with van der Waals surface area (Å²) in [5.41, 5.74) is -1.67. The predicted molar refractivity (Wildman–Crippen MR) is 130 cm³/mol. The first-order valence-corrected chi connectivity index (χ1v) is 13.7. The molecular formula is C25H27ClF3NO6S. The SMILES string of the molecule is C[C@@H](O)COC[C@]1(O)C2CC(S(=O)(=O)c3cc(C(=O)Nc4cc(F)c(F)c(F)c4)ccc3Cl)CC1[C@@H]2C. The van der Waals surface area contributed by atoms with Crippen molar-refractivity contribution < 1.29 is 41.3 Å². The maximum Gasteiger partial charge on any atom is 0.255 e. The number of benzene rings is 2. The van der Waals surface area contributed by atoms with Crippen molar-refractivity contribution in [1.29, 1.82) is 0 Å². The number of carbonyl (C=O) groups is 1. The Bertz CT molecular complexity index is 1280. The fraction of sp³-hybridized carbons (Fsp3) is 0.480. The number of aliphatic hydroxyl groups is 2. The predicted octanol–water partition coefficient (Wildman–Crippen LogP) is 3.96. The molecular weight excluding hydrogens is 535 g/mol. The van der Waals surface area contributed by atoms with Crippen molar-refractivity contribution in [3.8, 4) is 0 Å². The summed E-state index contributed by atoms with van der Waals surface area (Å²) in [6, 6.07) is 4.79. The maximum absolute atomic E-state index is 13.6. The van der Waals surface area contributed by atoms with E-state index in [1.54, 1.807) is 6.92 Å². The lowest BCUT2D eigenvalue weighted by Gasteiger charge is -2.62. The van der Waals surface area contributed by atoms with Gasteiger partial charge in [-0.3, -0.25) is 4.79 Å². The van der Waals surface area contributed by atoms with Crippen LogP contribution in [0.3, 0.4) is 0 Å². The van der Waals surface area contributed by atoms with Crippen molar-refractivity contribution in [2.24, 2.45) is 17.8 Å². The second-order valence-electron chi connectivity index (χ2n) is 9.92. The molecule has 3 fully saturated rings. The van der Waals surface area contributed by atoms with E-state index in [4.69, 9.17) is 16.3 Å². The van der Waals surface area contributed by atoms with Crippen LogP contribution >= 0.6 is 11.6 Å². The fourth-order valence-electron chi connectivity index (χ4n) is 5.58. The third-order valence-corrected chi connectivity index (χ3v) is 10.1. The first-order valence-electron chi connectivity index (χ1n) is 11.7. The number of hydrogen-bond donors (Lipinski definition) is 3. The minimum Gasteiger partial charge on any atom is -0.391 e. The summed E-state index contributed by atoms with van der Waals surface area (Å²) < 4.78 is 72.7. The molecule has 2 unspecified atom stereocenters. The molecule has 3 atom stereocenters. The maximum atomic E-state index is 13.6. The zero-order chi connectivity index (χ0) is 27.3. The van der Waals surface area contributed by atoms with Gasteiger partial charge in [-0.2, -0.15) is 0 Å². The van der Waals surface area contributed by atoms with Gasteiger partial charge in [0.1, 0.15) is 0 Å². The van der Waals surface area contributed by atoms with Gasteiger partial charge in [-0.1, -0.05) is 18.5 Å². The molecule has 5 rings (SSSR count). The Hall–Kier alpha value is -2.18.